The topological polar surface area (TPSA) is 43.3 Å². The van der Waals surface area contributed by atoms with Gasteiger partial charge in [0.1, 0.15) is 10.4 Å². The average Bonchev–Trinajstić information content (AvgIpc) is 2.42. The number of halogens is 1. The first-order chi connectivity index (χ1) is 6.22. The van der Waals surface area contributed by atoms with Crippen molar-refractivity contribution in [2.24, 2.45) is 0 Å². The van der Waals surface area contributed by atoms with E-state index in [1.54, 1.807) is 0 Å². The van der Waals surface area contributed by atoms with Crippen LogP contribution in [-0.2, 0) is 6.42 Å². The molecule has 2 rings (SSSR count). The first-order valence-corrected chi connectivity index (χ1v) is 4.93. The first-order valence-electron chi connectivity index (χ1n) is 4.14. The van der Waals surface area contributed by atoms with Crippen LogP contribution in [0.1, 0.15) is 12.7 Å². The summed E-state index contributed by atoms with van der Waals surface area (Å²) in [4.78, 5) is 4.37. The summed E-state index contributed by atoms with van der Waals surface area (Å²) in [5.41, 5.74) is 7.51. The van der Waals surface area contributed by atoms with Gasteiger partial charge >= 0.3 is 0 Å². The lowest BCUT2D eigenvalue weighted by molar-refractivity contribution is 0.932. The van der Waals surface area contributed by atoms with Crippen LogP contribution in [0.25, 0.3) is 5.52 Å². The van der Waals surface area contributed by atoms with E-state index in [0.717, 1.165) is 28.1 Å². The summed E-state index contributed by atoms with van der Waals surface area (Å²) in [5.74, 6) is 1.02. The third kappa shape index (κ3) is 1.31. The Bertz CT molecular complexity index is 447. The van der Waals surface area contributed by atoms with Gasteiger partial charge in [0.2, 0.25) is 0 Å². The second-order valence-corrected chi connectivity index (χ2v) is 3.64. The van der Waals surface area contributed by atoms with E-state index >= 15 is 0 Å². The first kappa shape index (κ1) is 8.56. The number of aryl methyl sites for hydroxylation is 1. The number of fused-ring (bicyclic) bond motifs is 1. The molecule has 0 bridgehead atoms. The summed E-state index contributed by atoms with van der Waals surface area (Å²) >= 11 is 3.41. The van der Waals surface area contributed by atoms with Crippen LogP contribution >= 0.6 is 15.9 Å². The van der Waals surface area contributed by atoms with Crippen molar-refractivity contribution in [3.8, 4) is 0 Å². The van der Waals surface area contributed by atoms with Crippen LogP contribution in [0.5, 0.6) is 0 Å². The van der Waals surface area contributed by atoms with Crippen molar-refractivity contribution in [2.45, 2.75) is 13.3 Å². The Balaban J connectivity index is 2.81. The number of nitrogen functional groups attached to an aromatic ring is 1. The van der Waals surface area contributed by atoms with Crippen LogP contribution in [0.4, 0.5) is 5.69 Å². The molecule has 0 atom stereocenters. The van der Waals surface area contributed by atoms with Crippen LogP contribution in [0.3, 0.4) is 0 Å². The lowest BCUT2D eigenvalue weighted by Crippen LogP contribution is -1.94. The van der Waals surface area contributed by atoms with Crippen molar-refractivity contribution in [3.63, 3.8) is 0 Å². The molecule has 68 valence electrons. The smallest absolute Gasteiger partial charge is 0.132 e. The fraction of sp³-hybridized carbons (Fsp3) is 0.222. The SMILES string of the molecule is CCc1nc(Br)c2ccc(N)cn12. The highest BCUT2D eigenvalue weighted by atomic mass is 79.9. The van der Waals surface area contributed by atoms with E-state index in [4.69, 9.17) is 5.73 Å². The maximum absolute atomic E-state index is 5.69. The monoisotopic (exact) mass is 239 g/mol. The van der Waals surface area contributed by atoms with Crippen LogP contribution in [0.2, 0.25) is 0 Å². The van der Waals surface area contributed by atoms with Gasteiger partial charge in [-0.05, 0) is 28.1 Å². The maximum Gasteiger partial charge on any atom is 0.132 e. The Morgan fingerprint density at radius 2 is 2.31 bits per heavy atom. The number of nitrogens with zero attached hydrogens (tertiary/aromatic N) is 2. The molecular formula is C9H10BrN3. The number of aromatic nitrogens is 2. The van der Waals surface area contributed by atoms with E-state index in [1.165, 1.54) is 0 Å². The van der Waals surface area contributed by atoms with Crippen molar-refractivity contribution in [1.82, 2.24) is 9.38 Å². The largest absolute Gasteiger partial charge is 0.398 e. The fourth-order valence-electron chi connectivity index (χ4n) is 1.37. The summed E-state index contributed by atoms with van der Waals surface area (Å²) in [7, 11) is 0. The van der Waals surface area contributed by atoms with Crippen LogP contribution in [-0.4, -0.2) is 9.38 Å². The molecule has 0 radical (unpaired) electrons. The molecular weight excluding hydrogens is 230 g/mol. The molecule has 3 nitrogen and oxygen atoms in total. The molecule has 0 aliphatic rings. The van der Waals surface area contributed by atoms with E-state index < -0.39 is 0 Å². The van der Waals surface area contributed by atoms with E-state index in [9.17, 15) is 0 Å². The second kappa shape index (κ2) is 3.03. The van der Waals surface area contributed by atoms with Gasteiger partial charge in [0.25, 0.3) is 0 Å². The number of anilines is 1. The summed E-state index contributed by atoms with van der Waals surface area (Å²) < 4.78 is 2.89. The van der Waals surface area contributed by atoms with Gasteiger partial charge in [0.05, 0.1) is 5.52 Å². The van der Waals surface area contributed by atoms with Gasteiger partial charge in [-0.15, -0.1) is 0 Å². The molecule has 4 heteroatoms. The molecule has 0 saturated heterocycles. The van der Waals surface area contributed by atoms with Gasteiger partial charge in [-0.1, -0.05) is 6.92 Å². The molecule has 0 amide bonds. The minimum Gasteiger partial charge on any atom is -0.398 e. The predicted molar refractivity (Wildman–Crippen MR) is 56.7 cm³/mol. The van der Waals surface area contributed by atoms with Gasteiger partial charge in [-0.3, -0.25) is 0 Å². The summed E-state index contributed by atoms with van der Waals surface area (Å²) in [6.45, 7) is 2.07. The Hall–Kier alpha value is -1.03. The zero-order valence-corrected chi connectivity index (χ0v) is 8.87. The fourth-order valence-corrected chi connectivity index (χ4v) is 1.90. The zero-order chi connectivity index (χ0) is 9.42. The minimum absolute atomic E-state index is 0.757. The van der Waals surface area contributed by atoms with E-state index in [-0.39, 0.29) is 0 Å². The van der Waals surface area contributed by atoms with Gasteiger partial charge < -0.3 is 10.1 Å². The molecule has 2 heterocycles. The molecule has 0 aliphatic carbocycles. The third-order valence-electron chi connectivity index (χ3n) is 2.00. The highest BCUT2D eigenvalue weighted by molar-refractivity contribution is 9.10. The van der Waals surface area contributed by atoms with Crippen LogP contribution in [0, 0.1) is 0 Å². The lowest BCUT2D eigenvalue weighted by Gasteiger charge is -1.98. The Kier molecular flexibility index (Phi) is 2.00. The van der Waals surface area contributed by atoms with Crippen molar-refractivity contribution >= 4 is 27.1 Å². The third-order valence-corrected chi connectivity index (χ3v) is 2.59. The minimum atomic E-state index is 0.757. The molecule has 0 fully saturated rings. The number of pyridine rings is 1. The van der Waals surface area contributed by atoms with Gasteiger partial charge in [0.15, 0.2) is 0 Å². The second-order valence-electron chi connectivity index (χ2n) is 2.89. The molecule has 2 N–H and O–H groups in total. The van der Waals surface area contributed by atoms with Gasteiger partial charge in [-0.2, -0.15) is 0 Å². The Morgan fingerprint density at radius 1 is 1.54 bits per heavy atom. The van der Waals surface area contributed by atoms with E-state index in [0.29, 0.717) is 0 Å². The summed E-state index contributed by atoms with van der Waals surface area (Å²) in [6.07, 6.45) is 2.79. The summed E-state index contributed by atoms with van der Waals surface area (Å²) in [6, 6.07) is 3.84. The normalized spacial score (nSPS) is 10.9. The van der Waals surface area contributed by atoms with Crippen molar-refractivity contribution in [3.05, 3.63) is 28.8 Å². The lowest BCUT2D eigenvalue weighted by atomic mass is 10.4. The highest BCUT2D eigenvalue weighted by Crippen LogP contribution is 2.20. The molecule has 0 saturated carbocycles. The van der Waals surface area contributed by atoms with Crippen molar-refractivity contribution < 1.29 is 0 Å². The Morgan fingerprint density at radius 3 is 3.00 bits per heavy atom. The van der Waals surface area contributed by atoms with Crippen LogP contribution in [0.15, 0.2) is 22.9 Å². The molecule has 0 spiro atoms. The molecule has 2 aromatic heterocycles. The van der Waals surface area contributed by atoms with Gasteiger partial charge in [0, 0.05) is 18.3 Å². The van der Waals surface area contributed by atoms with E-state index in [1.807, 2.05) is 22.7 Å². The zero-order valence-electron chi connectivity index (χ0n) is 7.29. The maximum atomic E-state index is 5.69. The molecule has 13 heavy (non-hydrogen) atoms. The predicted octanol–water partition coefficient (Wildman–Crippen LogP) is 2.24. The van der Waals surface area contributed by atoms with Crippen LogP contribution < -0.4 is 5.73 Å². The number of hydrogen-bond donors (Lipinski definition) is 1. The van der Waals surface area contributed by atoms with Gasteiger partial charge in [-0.25, -0.2) is 4.98 Å². The molecule has 0 aliphatic heterocycles. The molecule has 0 aromatic carbocycles. The van der Waals surface area contributed by atoms with Crippen molar-refractivity contribution in [1.29, 1.82) is 0 Å². The standard InChI is InChI=1S/C9H10BrN3/c1-2-8-12-9(10)7-4-3-6(11)5-13(7)8/h3-5H,2,11H2,1H3. The van der Waals surface area contributed by atoms with Crippen molar-refractivity contribution in [2.75, 3.05) is 5.73 Å². The number of imidazole rings is 1. The highest BCUT2D eigenvalue weighted by Gasteiger charge is 2.06. The molecule has 0 unspecified atom stereocenters. The summed E-state index contributed by atoms with van der Waals surface area (Å²) in [5, 5.41) is 0. The quantitative estimate of drug-likeness (QED) is 0.830. The average molecular weight is 240 g/mol. The molecule has 2 aromatic rings. The number of hydrogen-bond acceptors (Lipinski definition) is 2. The van der Waals surface area contributed by atoms with E-state index in [2.05, 4.69) is 27.8 Å². The number of rotatable bonds is 1. The Labute approximate surface area is 84.7 Å². The number of nitrogens with two attached hydrogens (primary N) is 1.